The van der Waals surface area contributed by atoms with E-state index >= 15 is 0 Å². The molecular formula is C7H11N5O2S. The fourth-order valence-corrected chi connectivity index (χ4v) is 1.45. The first-order valence-electron chi connectivity index (χ1n) is 4.13. The summed E-state index contributed by atoms with van der Waals surface area (Å²) in [4.78, 5) is 0. The van der Waals surface area contributed by atoms with Crippen molar-refractivity contribution in [3.8, 4) is 6.07 Å². The molecule has 0 atom stereocenters. The quantitative estimate of drug-likeness (QED) is 0.497. The second-order valence-corrected chi connectivity index (χ2v) is 3.43. The minimum absolute atomic E-state index is 0.311. The number of nitriles is 1. The van der Waals surface area contributed by atoms with Gasteiger partial charge in [0.2, 0.25) is 5.16 Å². The van der Waals surface area contributed by atoms with Crippen molar-refractivity contribution < 1.29 is 9.47 Å². The van der Waals surface area contributed by atoms with Gasteiger partial charge in [0, 0.05) is 14.2 Å². The second kappa shape index (κ2) is 6.34. The Morgan fingerprint density at radius 1 is 1.53 bits per heavy atom. The van der Waals surface area contributed by atoms with Gasteiger partial charge in [0.05, 0.1) is 18.4 Å². The van der Waals surface area contributed by atoms with Gasteiger partial charge in [0.25, 0.3) is 0 Å². The molecule has 0 unspecified atom stereocenters. The predicted octanol–water partition coefficient (Wildman–Crippen LogP) is -0.0923. The van der Waals surface area contributed by atoms with Crippen molar-refractivity contribution in [1.29, 1.82) is 5.26 Å². The van der Waals surface area contributed by atoms with E-state index in [1.165, 1.54) is 11.8 Å². The van der Waals surface area contributed by atoms with Gasteiger partial charge >= 0.3 is 0 Å². The van der Waals surface area contributed by atoms with Crippen molar-refractivity contribution in [1.82, 2.24) is 20.2 Å². The molecule has 0 aromatic carbocycles. The van der Waals surface area contributed by atoms with E-state index in [1.54, 1.807) is 18.9 Å². The topological polar surface area (TPSA) is 85.9 Å². The van der Waals surface area contributed by atoms with Crippen LogP contribution >= 0.6 is 11.8 Å². The highest BCUT2D eigenvalue weighted by Crippen LogP contribution is 2.13. The van der Waals surface area contributed by atoms with Crippen LogP contribution in [0.4, 0.5) is 0 Å². The number of thioether (sulfide) groups is 1. The normalized spacial score (nSPS) is 10.5. The van der Waals surface area contributed by atoms with Crippen LogP contribution in [0.1, 0.15) is 0 Å². The smallest absolute Gasteiger partial charge is 0.210 e. The summed E-state index contributed by atoms with van der Waals surface area (Å²) in [5, 5.41) is 20.1. The molecule has 0 saturated carbocycles. The van der Waals surface area contributed by atoms with Crippen molar-refractivity contribution in [2.45, 2.75) is 18.0 Å². The van der Waals surface area contributed by atoms with Crippen LogP contribution in [-0.2, 0) is 16.0 Å². The molecule has 1 heterocycles. The number of nitrogens with zero attached hydrogens (tertiary/aromatic N) is 5. The lowest BCUT2D eigenvalue weighted by atomic mass is 10.6. The lowest BCUT2D eigenvalue weighted by Crippen LogP contribution is -2.21. The van der Waals surface area contributed by atoms with Crippen LogP contribution in [-0.4, -0.2) is 46.5 Å². The van der Waals surface area contributed by atoms with E-state index in [1.807, 2.05) is 6.07 Å². The molecule has 0 amide bonds. The zero-order chi connectivity index (χ0) is 11.1. The standard InChI is InChI=1S/C7H11N5O2S/c1-13-6(14-2)5-12-7(9-10-11-12)15-4-3-8/h6H,4-5H2,1-2H3. The first kappa shape index (κ1) is 11.9. The van der Waals surface area contributed by atoms with Crippen molar-refractivity contribution >= 4 is 11.8 Å². The maximum Gasteiger partial charge on any atom is 0.210 e. The first-order valence-corrected chi connectivity index (χ1v) is 5.12. The average Bonchev–Trinajstić information content (AvgIpc) is 2.70. The molecule has 15 heavy (non-hydrogen) atoms. The molecule has 0 fully saturated rings. The van der Waals surface area contributed by atoms with Crippen molar-refractivity contribution in [2.75, 3.05) is 20.0 Å². The van der Waals surface area contributed by atoms with E-state index in [2.05, 4.69) is 15.5 Å². The van der Waals surface area contributed by atoms with Gasteiger partial charge in [-0.2, -0.15) is 5.26 Å². The van der Waals surface area contributed by atoms with E-state index in [0.717, 1.165) is 0 Å². The predicted molar refractivity (Wildman–Crippen MR) is 52.0 cm³/mol. The molecule has 0 bridgehead atoms. The second-order valence-electron chi connectivity index (χ2n) is 2.49. The van der Waals surface area contributed by atoms with Crippen molar-refractivity contribution in [3.05, 3.63) is 0 Å². The summed E-state index contributed by atoms with van der Waals surface area (Å²) in [5.74, 6) is 0.311. The zero-order valence-electron chi connectivity index (χ0n) is 8.45. The van der Waals surface area contributed by atoms with E-state index in [9.17, 15) is 0 Å². The minimum Gasteiger partial charge on any atom is -0.354 e. The third-order valence-electron chi connectivity index (χ3n) is 1.61. The number of tetrazole rings is 1. The van der Waals surface area contributed by atoms with Crippen LogP contribution in [0.5, 0.6) is 0 Å². The SMILES string of the molecule is COC(Cn1nnnc1SCC#N)OC. The monoisotopic (exact) mass is 229 g/mol. The number of rotatable bonds is 6. The molecule has 1 rings (SSSR count). The van der Waals surface area contributed by atoms with Crippen molar-refractivity contribution in [3.63, 3.8) is 0 Å². The van der Waals surface area contributed by atoms with E-state index < -0.39 is 6.29 Å². The van der Waals surface area contributed by atoms with Crippen LogP contribution in [0, 0.1) is 11.3 Å². The summed E-state index contributed by atoms with van der Waals surface area (Å²) in [6.07, 6.45) is -0.394. The average molecular weight is 229 g/mol. The summed E-state index contributed by atoms with van der Waals surface area (Å²) in [7, 11) is 3.08. The highest BCUT2D eigenvalue weighted by atomic mass is 32.2. The van der Waals surface area contributed by atoms with E-state index in [4.69, 9.17) is 14.7 Å². The van der Waals surface area contributed by atoms with Crippen molar-refractivity contribution in [2.24, 2.45) is 0 Å². The van der Waals surface area contributed by atoms with Gasteiger partial charge in [0.1, 0.15) is 0 Å². The summed E-state index contributed by atoms with van der Waals surface area (Å²) in [6.45, 7) is 0.397. The molecule has 7 nitrogen and oxygen atoms in total. The summed E-state index contributed by atoms with van der Waals surface area (Å²) in [5.41, 5.74) is 0. The Bertz CT molecular complexity index is 332. The molecular weight excluding hydrogens is 218 g/mol. The Kier molecular flexibility index (Phi) is 5.03. The van der Waals surface area contributed by atoms with Crippen LogP contribution in [0.3, 0.4) is 0 Å². The molecule has 0 aliphatic carbocycles. The molecule has 0 N–H and O–H groups in total. The molecule has 1 aromatic rings. The molecule has 82 valence electrons. The van der Waals surface area contributed by atoms with E-state index in [-0.39, 0.29) is 0 Å². The number of hydrogen-bond donors (Lipinski definition) is 0. The van der Waals surface area contributed by atoms with Gasteiger partial charge in [-0.25, -0.2) is 4.68 Å². The fraction of sp³-hybridized carbons (Fsp3) is 0.714. The summed E-state index contributed by atoms with van der Waals surface area (Å²) in [6, 6.07) is 2.01. The van der Waals surface area contributed by atoms with Gasteiger partial charge in [-0.3, -0.25) is 0 Å². The Labute approximate surface area is 91.3 Å². The van der Waals surface area contributed by atoms with Crippen LogP contribution in [0.25, 0.3) is 0 Å². The minimum atomic E-state index is -0.394. The van der Waals surface area contributed by atoms with E-state index in [0.29, 0.717) is 17.5 Å². The molecule has 0 spiro atoms. The number of hydrogen-bond acceptors (Lipinski definition) is 7. The fourth-order valence-electron chi connectivity index (χ4n) is 0.898. The Hall–Kier alpha value is -1.17. The van der Waals surface area contributed by atoms with Crippen LogP contribution < -0.4 is 0 Å². The lowest BCUT2D eigenvalue weighted by Gasteiger charge is -2.12. The Morgan fingerprint density at radius 3 is 2.87 bits per heavy atom. The van der Waals surface area contributed by atoms with Gasteiger partial charge < -0.3 is 9.47 Å². The molecule has 1 aromatic heterocycles. The van der Waals surface area contributed by atoms with Gasteiger partial charge in [-0.1, -0.05) is 11.8 Å². The Morgan fingerprint density at radius 2 is 2.27 bits per heavy atom. The maximum absolute atomic E-state index is 8.43. The third kappa shape index (κ3) is 3.47. The molecule has 0 radical (unpaired) electrons. The molecule has 8 heteroatoms. The largest absolute Gasteiger partial charge is 0.354 e. The molecule has 0 saturated heterocycles. The number of aromatic nitrogens is 4. The highest BCUT2D eigenvalue weighted by molar-refractivity contribution is 7.99. The summed E-state index contributed by atoms with van der Waals surface area (Å²) >= 11 is 1.27. The first-order chi connectivity index (χ1) is 7.31. The van der Waals surface area contributed by atoms with Crippen LogP contribution in [0.2, 0.25) is 0 Å². The third-order valence-corrected chi connectivity index (χ3v) is 2.44. The maximum atomic E-state index is 8.43. The summed E-state index contributed by atoms with van der Waals surface area (Å²) < 4.78 is 11.6. The van der Waals surface area contributed by atoms with Gasteiger partial charge in [-0.05, 0) is 10.4 Å². The zero-order valence-corrected chi connectivity index (χ0v) is 9.27. The van der Waals surface area contributed by atoms with Gasteiger partial charge in [0.15, 0.2) is 6.29 Å². The number of ether oxygens (including phenoxy) is 2. The molecule has 0 aliphatic rings. The molecule has 0 aliphatic heterocycles. The number of methoxy groups -OCH3 is 2. The van der Waals surface area contributed by atoms with Crippen LogP contribution in [0.15, 0.2) is 5.16 Å². The Balaban J connectivity index is 2.60. The highest BCUT2D eigenvalue weighted by Gasteiger charge is 2.12. The lowest BCUT2D eigenvalue weighted by molar-refractivity contribution is -0.113. The van der Waals surface area contributed by atoms with Gasteiger partial charge in [-0.15, -0.1) is 5.10 Å².